The molecule has 1 heterocycles. The summed E-state index contributed by atoms with van der Waals surface area (Å²) >= 11 is 0. The van der Waals surface area contributed by atoms with Crippen LogP contribution in [0.2, 0.25) is 0 Å². The molecule has 0 aromatic carbocycles. The molecule has 2 aliphatic carbocycles. The molecule has 0 spiro atoms. The molecule has 23 heavy (non-hydrogen) atoms. The first kappa shape index (κ1) is 16.2. The van der Waals surface area contributed by atoms with Crippen LogP contribution < -0.4 is 10.6 Å². The van der Waals surface area contributed by atoms with Crippen molar-refractivity contribution in [3.05, 3.63) is 17.8 Å². The van der Waals surface area contributed by atoms with Crippen LogP contribution in [0.15, 0.2) is 12.1 Å². The van der Waals surface area contributed by atoms with Gasteiger partial charge >= 0.3 is 0 Å². The first-order chi connectivity index (χ1) is 11.3. The fourth-order valence-corrected chi connectivity index (χ4v) is 3.67. The number of anilines is 1. The molecule has 0 radical (unpaired) electrons. The Labute approximate surface area is 138 Å². The van der Waals surface area contributed by atoms with E-state index in [2.05, 4.69) is 20.8 Å². The predicted molar refractivity (Wildman–Crippen MR) is 91.5 cm³/mol. The van der Waals surface area contributed by atoms with Crippen LogP contribution in [0.1, 0.15) is 81.1 Å². The number of rotatable bonds is 4. The van der Waals surface area contributed by atoms with Gasteiger partial charge in [0, 0.05) is 12.1 Å². The van der Waals surface area contributed by atoms with Gasteiger partial charge in [0.1, 0.15) is 5.82 Å². The Morgan fingerprint density at radius 3 is 2.04 bits per heavy atom. The van der Waals surface area contributed by atoms with E-state index >= 15 is 0 Å². The summed E-state index contributed by atoms with van der Waals surface area (Å²) in [5.74, 6) is 0.691. The van der Waals surface area contributed by atoms with Gasteiger partial charge in [0.2, 0.25) is 0 Å². The SMILES string of the molecule is O=C(NC1CCCCCC1)c1ccc(NC2CCCCC2)nn1. The van der Waals surface area contributed by atoms with Gasteiger partial charge in [-0.25, -0.2) is 0 Å². The van der Waals surface area contributed by atoms with Crippen LogP contribution in [0.5, 0.6) is 0 Å². The minimum atomic E-state index is -0.0892. The maximum Gasteiger partial charge on any atom is 0.272 e. The second-order valence-electron chi connectivity index (χ2n) is 6.95. The van der Waals surface area contributed by atoms with Crippen molar-refractivity contribution < 1.29 is 4.79 Å². The molecule has 2 saturated carbocycles. The summed E-state index contributed by atoms with van der Waals surface area (Å²) in [4.78, 5) is 12.3. The fourth-order valence-electron chi connectivity index (χ4n) is 3.67. The summed E-state index contributed by atoms with van der Waals surface area (Å²) in [6.45, 7) is 0. The van der Waals surface area contributed by atoms with Crippen molar-refractivity contribution in [2.24, 2.45) is 0 Å². The first-order valence-corrected chi connectivity index (χ1v) is 9.22. The Morgan fingerprint density at radius 1 is 0.826 bits per heavy atom. The van der Waals surface area contributed by atoms with Crippen LogP contribution in [0, 0.1) is 0 Å². The zero-order chi connectivity index (χ0) is 15.9. The van der Waals surface area contributed by atoms with E-state index in [1.54, 1.807) is 6.07 Å². The van der Waals surface area contributed by atoms with Crippen molar-refractivity contribution in [2.45, 2.75) is 82.7 Å². The number of amides is 1. The topological polar surface area (TPSA) is 66.9 Å². The van der Waals surface area contributed by atoms with Gasteiger partial charge in [-0.2, -0.15) is 0 Å². The van der Waals surface area contributed by atoms with Crippen molar-refractivity contribution in [3.8, 4) is 0 Å². The van der Waals surface area contributed by atoms with Crippen LogP contribution >= 0.6 is 0 Å². The first-order valence-electron chi connectivity index (χ1n) is 9.22. The third kappa shape index (κ3) is 4.91. The molecule has 2 aliphatic rings. The number of carbonyl (C=O) groups excluding carboxylic acids is 1. The molecule has 0 saturated heterocycles. The lowest BCUT2D eigenvalue weighted by molar-refractivity contribution is 0.0927. The van der Waals surface area contributed by atoms with Crippen LogP contribution in [0.25, 0.3) is 0 Å². The summed E-state index contributed by atoms with van der Waals surface area (Å²) in [5, 5.41) is 14.8. The quantitative estimate of drug-likeness (QED) is 0.832. The minimum Gasteiger partial charge on any atom is -0.366 e. The highest BCUT2D eigenvalue weighted by Crippen LogP contribution is 2.21. The van der Waals surface area contributed by atoms with E-state index in [1.807, 2.05) is 6.07 Å². The molecule has 3 rings (SSSR count). The Bertz CT molecular complexity index is 488. The highest BCUT2D eigenvalue weighted by Gasteiger charge is 2.17. The van der Waals surface area contributed by atoms with Crippen LogP contribution in [0.4, 0.5) is 5.82 Å². The number of carbonyl (C=O) groups is 1. The normalized spacial score (nSPS) is 20.7. The van der Waals surface area contributed by atoms with E-state index in [9.17, 15) is 4.79 Å². The molecule has 0 unspecified atom stereocenters. The van der Waals surface area contributed by atoms with Crippen molar-refractivity contribution >= 4 is 11.7 Å². The Morgan fingerprint density at radius 2 is 1.43 bits per heavy atom. The minimum absolute atomic E-state index is 0.0892. The summed E-state index contributed by atoms with van der Waals surface area (Å²) < 4.78 is 0. The van der Waals surface area contributed by atoms with E-state index < -0.39 is 0 Å². The lowest BCUT2D eigenvalue weighted by atomic mass is 9.95. The van der Waals surface area contributed by atoms with Crippen LogP contribution in [-0.4, -0.2) is 28.2 Å². The summed E-state index contributed by atoms with van der Waals surface area (Å²) in [6, 6.07) is 4.46. The molecular weight excluding hydrogens is 288 g/mol. The largest absolute Gasteiger partial charge is 0.366 e. The number of nitrogens with zero attached hydrogens (tertiary/aromatic N) is 2. The van der Waals surface area contributed by atoms with Crippen LogP contribution in [-0.2, 0) is 0 Å². The lowest BCUT2D eigenvalue weighted by Crippen LogP contribution is -2.35. The van der Waals surface area contributed by atoms with Gasteiger partial charge in [-0.15, -0.1) is 10.2 Å². The van der Waals surface area contributed by atoms with Crippen molar-refractivity contribution in [1.29, 1.82) is 0 Å². The smallest absolute Gasteiger partial charge is 0.272 e. The molecule has 5 nitrogen and oxygen atoms in total. The van der Waals surface area contributed by atoms with E-state index in [-0.39, 0.29) is 5.91 Å². The maximum atomic E-state index is 12.3. The number of nitrogens with one attached hydrogen (secondary N) is 2. The molecule has 126 valence electrons. The van der Waals surface area contributed by atoms with Crippen molar-refractivity contribution in [3.63, 3.8) is 0 Å². The van der Waals surface area contributed by atoms with Gasteiger partial charge in [0.05, 0.1) is 0 Å². The average Bonchev–Trinajstić information content (AvgIpc) is 2.85. The zero-order valence-corrected chi connectivity index (χ0v) is 13.9. The standard InChI is InChI=1S/C18H28N4O/c23-18(20-15-10-4-1-2-5-11-15)16-12-13-17(22-21-16)19-14-8-6-3-7-9-14/h12-15H,1-11H2,(H,19,22)(H,20,23). The van der Waals surface area contributed by atoms with E-state index in [1.165, 1.54) is 57.8 Å². The van der Waals surface area contributed by atoms with Gasteiger partial charge in [-0.1, -0.05) is 44.9 Å². The monoisotopic (exact) mass is 316 g/mol. The molecule has 1 aromatic rings. The average molecular weight is 316 g/mol. The Kier molecular flexibility index (Phi) is 5.83. The zero-order valence-electron chi connectivity index (χ0n) is 13.9. The Balaban J connectivity index is 1.52. The molecular formula is C18H28N4O. The molecule has 0 aliphatic heterocycles. The summed E-state index contributed by atoms with van der Waals surface area (Å²) in [6.07, 6.45) is 13.5. The molecule has 5 heteroatoms. The van der Waals surface area contributed by atoms with Gasteiger partial charge in [0.25, 0.3) is 5.91 Å². The third-order valence-corrected chi connectivity index (χ3v) is 5.04. The molecule has 2 N–H and O–H groups in total. The van der Waals surface area contributed by atoms with Crippen LogP contribution in [0.3, 0.4) is 0 Å². The number of hydrogen-bond acceptors (Lipinski definition) is 4. The molecule has 0 atom stereocenters. The summed E-state index contributed by atoms with van der Waals surface area (Å²) in [7, 11) is 0. The highest BCUT2D eigenvalue weighted by atomic mass is 16.2. The number of hydrogen-bond donors (Lipinski definition) is 2. The van der Waals surface area contributed by atoms with E-state index in [4.69, 9.17) is 0 Å². The third-order valence-electron chi connectivity index (χ3n) is 5.04. The van der Waals surface area contributed by atoms with E-state index in [0.29, 0.717) is 17.8 Å². The highest BCUT2D eigenvalue weighted by molar-refractivity contribution is 5.92. The van der Waals surface area contributed by atoms with Crippen molar-refractivity contribution in [1.82, 2.24) is 15.5 Å². The van der Waals surface area contributed by atoms with Gasteiger partial charge in [-0.05, 0) is 37.8 Å². The molecule has 1 aromatic heterocycles. The van der Waals surface area contributed by atoms with Gasteiger partial charge in [-0.3, -0.25) is 4.79 Å². The number of aromatic nitrogens is 2. The second kappa shape index (κ2) is 8.27. The lowest BCUT2D eigenvalue weighted by Gasteiger charge is -2.23. The summed E-state index contributed by atoms with van der Waals surface area (Å²) in [5.41, 5.74) is 0.420. The Hall–Kier alpha value is -1.65. The molecule has 0 bridgehead atoms. The van der Waals surface area contributed by atoms with Gasteiger partial charge in [0.15, 0.2) is 5.69 Å². The predicted octanol–water partition coefficient (Wildman–Crippen LogP) is 3.67. The van der Waals surface area contributed by atoms with Crippen molar-refractivity contribution in [2.75, 3.05) is 5.32 Å². The molecule has 1 amide bonds. The van der Waals surface area contributed by atoms with E-state index in [0.717, 1.165) is 18.7 Å². The second-order valence-corrected chi connectivity index (χ2v) is 6.95. The van der Waals surface area contributed by atoms with Gasteiger partial charge < -0.3 is 10.6 Å². The maximum absolute atomic E-state index is 12.3. The molecule has 2 fully saturated rings. The fraction of sp³-hybridized carbons (Fsp3) is 0.722.